The lowest BCUT2D eigenvalue weighted by molar-refractivity contribution is -0.137. The molecule has 1 aromatic heterocycles. The molecule has 0 radical (unpaired) electrons. The molecule has 1 aliphatic rings. The van der Waals surface area contributed by atoms with E-state index in [1.54, 1.807) is 11.8 Å². The molecule has 1 unspecified atom stereocenters. The Hall–Kier alpha value is -2.20. The summed E-state index contributed by atoms with van der Waals surface area (Å²) in [4.78, 5) is 13.0. The van der Waals surface area contributed by atoms with Crippen LogP contribution in [0.5, 0.6) is 0 Å². The van der Waals surface area contributed by atoms with Gasteiger partial charge in [0.05, 0.1) is 0 Å². The van der Waals surface area contributed by atoms with E-state index in [-0.39, 0.29) is 17.8 Å². The summed E-state index contributed by atoms with van der Waals surface area (Å²) in [6.07, 6.45) is 5.65. The van der Waals surface area contributed by atoms with Crippen LogP contribution in [0.1, 0.15) is 64.0 Å². The molecule has 3 rings (SSSR count). The molecule has 1 aromatic carbocycles. The number of hydrogen-bond donors (Lipinski definition) is 2. The van der Waals surface area contributed by atoms with Gasteiger partial charge in [0, 0.05) is 49.8 Å². The number of aromatic nitrogens is 2. The Labute approximate surface area is 231 Å². The Bertz CT molecular complexity index is 964. The zero-order valence-corrected chi connectivity index (χ0v) is 24.6. The van der Waals surface area contributed by atoms with Crippen LogP contribution in [0.2, 0.25) is 0 Å². The third-order valence-corrected chi connectivity index (χ3v) is 6.56. The van der Waals surface area contributed by atoms with Crippen molar-refractivity contribution in [3.05, 3.63) is 35.5 Å². The van der Waals surface area contributed by atoms with Gasteiger partial charge in [0.1, 0.15) is 11.4 Å². The number of thioether (sulfide) groups is 1. The maximum absolute atomic E-state index is 13.7. The number of piperazine rings is 1. The minimum Gasteiger partial charge on any atom is -0.369 e. The molecule has 38 heavy (non-hydrogen) atoms. The zero-order chi connectivity index (χ0) is 28.1. The Morgan fingerprint density at radius 1 is 1.03 bits per heavy atom. The first kappa shape index (κ1) is 32.0. The van der Waals surface area contributed by atoms with Gasteiger partial charge in [0.2, 0.25) is 5.95 Å². The van der Waals surface area contributed by atoms with Crippen molar-refractivity contribution in [1.82, 2.24) is 14.9 Å². The number of unbranched alkanes of at least 4 members (excludes halogenated alkanes) is 1. The van der Waals surface area contributed by atoms with Crippen LogP contribution in [0.3, 0.4) is 0 Å². The third-order valence-electron chi connectivity index (χ3n) is 6.56. The highest BCUT2D eigenvalue weighted by atomic mass is 32.2. The van der Waals surface area contributed by atoms with Crippen molar-refractivity contribution < 1.29 is 13.2 Å². The summed E-state index contributed by atoms with van der Waals surface area (Å²) in [5, 5.41) is 6.25. The van der Waals surface area contributed by atoms with Gasteiger partial charge in [-0.2, -0.15) is 29.9 Å². The molecular weight excluding hydrogens is 509 g/mol. The summed E-state index contributed by atoms with van der Waals surface area (Å²) in [5.41, 5.74) is 2.22. The molecule has 6 nitrogen and oxygen atoms in total. The van der Waals surface area contributed by atoms with Gasteiger partial charge in [-0.05, 0) is 62.6 Å². The molecule has 2 aromatic rings. The van der Waals surface area contributed by atoms with Crippen LogP contribution in [0.15, 0.2) is 24.4 Å². The van der Waals surface area contributed by atoms with Crippen molar-refractivity contribution in [3.63, 3.8) is 0 Å². The van der Waals surface area contributed by atoms with Gasteiger partial charge in [-0.25, -0.2) is 4.98 Å². The molecule has 2 heterocycles. The quantitative estimate of drug-likeness (QED) is 0.302. The van der Waals surface area contributed by atoms with Crippen LogP contribution in [0, 0.1) is 0 Å². The topological polar surface area (TPSA) is 56.3 Å². The monoisotopic (exact) mass is 554 g/mol. The summed E-state index contributed by atoms with van der Waals surface area (Å²) in [6, 6.07) is 6.12. The fourth-order valence-corrected chi connectivity index (χ4v) is 4.42. The smallest absolute Gasteiger partial charge is 0.369 e. The number of nitrogens with zero attached hydrogens (tertiary/aromatic N) is 4. The molecule has 1 saturated heterocycles. The lowest BCUT2D eigenvalue weighted by atomic mass is 10.0. The number of halogens is 3. The van der Waals surface area contributed by atoms with Crippen molar-refractivity contribution in [2.75, 3.05) is 61.3 Å². The number of rotatable bonds is 11. The summed E-state index contributed by atoms with van der Waals surface area (Å²) >= 11 is 1.75. The van der Waals surface area contributed by atoms with E-state index < -0.39 is 11.7 Å². The van der Waals surface area contributed by atoms with Crippen LogP contribution in [-0.4, -0.2) is 66.6 Å². The molecule has 0 aliphatic carbocycles. The third kappa shape index (κ3) is 9.84. The first-order valence-corrected chi connectivity index (χ1v) is 15.2. The second-order valence-corrected chi connectivity index (χ2v) is 10.6. The summed E-state index contributed by atoms with van der Waals surface area (Å²) in [5.74, 6) is 0.00458. The minimum atomic E-state index is -4.53. The molecule has 0 spiro atoms. The predicted molar refractivity (Wildman–Crippen MR) is 157 cm³/mol. The fourth-order valence-electron chi connectivity index (χ4n) is 4.42. The SMILES string of the molecule is CCCCC(CCC)Nc1nc(Nc2ccc(N3CCN(C)CC3)cc2CC)ncc1C(F)(F)F.CSC. The van der Waals surface area contributed by atoms with E-state index in [0.717, 1.165) is 87.8 Å². The van der Waals surface area contributed by atoms with Gasteiger partial charge in [0.25, 0.3) is 0 Å². The maximum atomic E-state index is 13.7. The second kappa shape index (κ2) is 16.0. The average Bonchev–Trinajstić information content (AvgIpc) is 2.88. The van der Waals surface area contributed by atoms with Crippen molar-refractivity contribution >= 4 is 34.9 Å². The largest absolute Gasteiger partial charge is 0.421 e. The van der Waals surface area contributed by atoms with Crippen LogP contribution < -0.4 is 15.5 Å². The Morgan fingerprint density at radius 2 is 1.71 bits per heavy atom. The highest BCUT2D eigenvalue weighted by Crippen LogP contribution is 2.35. The molecule has 2 N–H and O–H groups in total. The second-order valence-electron chi connectivity index (χ2n) is 9.74. The first-order valence-electron chi connectivity index (χ1n) is 13.6. The van der Waals surface area contributed by atoms with E-state index in [1.165, 1.54) is 0 Å². The van der Waals surface area contributed by atoms with Crippen LogP contribution >= 0.6 is 11.8 Å². The number of aryl methyl sites for hydroxylation is 1. The van der Waals surface area contributed by atoms with Crippen molar-refractivity contribution in [3.8, 4) is 0 Å². The maximum Gasteiger partial charge on any atom is 0.421 e. The number of anilines is 4. The normalized spacial score (nSPS) is 15.0. The van der Waals surface area contributed by atoms with Crippen molar-refractivity contribution in [2.45, 2.75) is 71.5 Å². The zero-order valence-electron chi connectivity index (χ0n) is 23.8. The highest BCUT2D eigenvalue weighted by Gasteiger charge is 2.36. The van der Waals surface area contributed by atoms with Gasteiger partial charge < -0.3 is 20.4 Å². The first-order chi connectivity index (χ1) is 18.2. The Morgan fingerprint density at radius 3 is 2.29 bits per heavy atom. The molecule has 1 atom stereocenters. The Balaban J connectivity index is 0.00000161. The summed E-state index contributed by atoms with van der Waals surface area (Å²) in [6.45, 7) is 10.2. The lowest BCUT2D eigenvalue weighted by Gasteiger charge is -2.34. The predicted octanol–water partition coefficient (Wildman–Crippen LogP) is 7.30. The number of benzene rings is 1. The lowest BCUT2D eigenvalue weighted by Crippen LogP contribution is -2.44. The summed E-state index contributed by atoms with van der Waals surface area (Å²) in [7, 11) is 2.13. The van der Waals surface area contributed by atoms with Crippen molar-refractivity contribution in [2.24, 2.45) is 0 Å². The number of alkyl halides is 3. The molecule has 0 saturated carbocycles. The molecular formula is C28H45F3N6S. The van der Waals surface area contributed by atoms with Gasteiger partial charge in [-0.3, -0.25) is 0 Å². The van der Waals surface area contributed by atoms with E-state index in [0.29, 0.717) is 0 Å². The van der Waals surface area contributed by atoms with Crippen LogP contribution in [0.25, 0.3) is 0 Å². The van der Waals surface area contributed by atoms with Gasteiger partial charge in [0.15, 0.2) is 0 Å². The van der Waals surface area contributed by atoms with Gasteiger partial charge in [-0.1, -0.05) is 40.0 Å². The molecule has 0 bridgehead atoms. The molecule has 214 valence electrons. The summed E-state index contributed by atoms with van der Waals surface area (Å²) < 4.78 is 41.1. The van der Waals surface area contributed by atoms with Crippen molar-refractivity contribution in [1.29, 1.82) is 0 Å². The van der Waals surface area contributed by atoms with E-state index in [2.05, 4.69) is 63.4 Å². The number of likely N-dealkylation sites (N-methyl/N-ethyl adjacent to an activating group) is 1. The van der Waals surface area contributed by atoms with Crippen LogP contribution in [0.4, 0.5) is 36.3 Å². The molecule has 1 fully saturated rings. The number of hydrogen-bond acceptors (Lipinski definition) is 7. The van der Waals surface area contributed by atoms with E-state index >= 15 is 0 Å². The highest BCUT2D eigenvalue weighted by molar-refractivity contribution is 7.97. The number of nitrogens with one attached hydrogen (secondary N) is 2. The average molecular weight is 555 g/mol. The molecule has 1 aliphatic heterocycles. The van der Waals surface area contributed by atoms with Gasteiger partial charge >= 0.3 is 6.18 Å². The van der Waals surface area contributed by atoms with Crippen LogP contribution in [-0.2, 0) is 12.6 Å². The standard InChI is InChI=1S/C26H39F3N6.C2H6S/c1-5-8-10-20(9-6-2)31-24-22(26(27,28)29)18-30-25(33-24)32-23-12-11-21(17-19(23)7-3)35-15-13-34(4)14-16-35;1-3-2/h11-12,17-18,20H,5-10,13-16H2,1-4H3,(H2,30,31,32,33);1-2H3. The molecule has 10 heteroatoms. The Kier molecular flexibility index (Phi) is 13.5. The van der Waals surface area contributed by atoms with E-state index in [9.17, 15) is 13.2 Å². The van der Waals surface area contributed by atoms with E-state index in [4.69, 9.17) is 0 Å². The minimum absolute atomic E-state index is 0.0575. The van der Waals surface area contributed by atoms with Gasteiger partial charge in [-0.15, -0.1) is 0 Å². The fraction of sp³-hybridized carbons (Fsp3) is 0.643. The molecule has 0 amide bonds. The van der Waals surface area contributed by atoms with E-state index in [1.807, 2.05) is 25.5 Å².